The van der Waals surface area contributed by atoms with Crippen LogP contribution >= 0.6 is 0 Å². The lowest BCUT2D eigenvalue weighted by atomic mass is 10.0. The van der Waals surface area contributed by atoms with E-state index in [4.69, 9.17) is 4.52 Å². The molecule has 0 unspecified atom stereocenters. The van der Waals surface area contributed by atoms with Gasteiger partial charge in [0.15, 0.2) is 0 Å². The van der Waals surface area contributed by atoms with E-state index in [0.29, 0.717) is 12.1 Å². The lowest BCUT2D eigenvalue weighted by molar-refractivity contribution is 0.0922. The minimum absolute atomic E-state index is 0.0325. The van der Waals surface area contributed by atoms with E-state index in [1.54, 1.807) is 0 Å². The third kappa shape index (κ3) is 2.77. The number of ketones is 1. The Morgan fingerprint density at radius 2 is 1.95 bits per heavy atom. The van der Waals surface area contributed by atoms with Crippen LogP contribution in [0.3, 0.4) is 0 Å². The van der Waals surface area contributed by atoms with Crippen LogP contribution in [-0.4, -0.2) is 23.9 Å². The first-order chi connectivity index (χ1) is 9.67. The largest absolute Gasteiger partial charge is 0.355 e. The molecule has 0 spiro atoms. The number of hydrogen-bond donors (Lipinski definition) is 1. The first kappa shape index (κ1) is 14.0. The molecule has 0 saturated carbocycles. The Bertz CT molecular complexity index is 617. The fraction of sp³-hybridized carbons (Fsp3) is 0.267. The second-order valence-electron chi connectivity index (χ2n) is 4.35. The van der Waals surface area contributed by atoms with E-state index in [1.807, 2.05) is 37.3 Å². The van der Waals surface area contributed by atoms with Crippen molar-refractivity contribution in [2.45, 2.75) is 19.8 Å². The molecule has 2 rings (SSSR count). The van der Waals surface area contributed by atoms with Gasteiger partial charge in [-0.1, -0.05) is 42.4 Å². The number of aromatic nitrogens is 1. The van der Waals surface area contributed by atoms with Crippen LogP contribution in [0.5, 0.6) is 0 Å². The van der Waals surface area contributed by atoms with Crippen LogP contribution in [0.4, 0.5) is 0 Å². The summed E-state index contributed by atoms with van der Waals surface area (Å²) in [6.45, 7) is 1.86. The summed E-state index contributed by atoms with van der Waals surface area (Å²) in [6.07, 6.45) is 0.716. The lowest BCUT2D eigenvalue weighted by Crippen LogP contribution is -2.21. The number of carbonyl (C=O) groups is 2. The van der Waals surface area contributed by atoms with Crippen LogP contribution in [0.25, 0.3) is 0 Å². The Balaban J connectivity index is 2.30. The van der Waals surface area contributed by atoms with Gasteiger partial charge in [0.25, 0.3) is 5.91 Å². The number of nitrogens with one attached hydrogen (secondary N) is 1. The van der Waals surface area contributed by atoms with Crippen molar-refractivity contribution in [3.8, 4) is 0 Å². The average molecular weight is 272 g/mol. The smallest absolute Gasteiger partial charge is 0.257 e. The van der Waals surface area contributed by atoms with E-state index in [-0.39, 0.29) is 29.4 Å². The molecule has 104 valence electrons. The van der Waals surface area contributed by atoms with E-state index < -0.39 is 0 Å². The molecule has 1 amide bonds. The molecular formula is C15H16N2O3. The predicted octanol–water partition coefficient (Wildman–Crippen LogP) is 2.02. The zero-order valence-corrected chi connectivity index (χ0v) is 11.5. The predicted molar refractivity (Wildman–Crippen MR) is 73.7 cm³/mol. The number of aryl methyl sites for hydroxylation is 1. The maximum Gasteiger partial charge on any atom is 0.257 e. The minimum Gasteiger partial charge on any atom is -0.355 e. The van der Waals surface area contributed by atoms with Crippen molar-refractivity contribution in [3.63, 3.8) is 0 Å². The molecule has 2 aromatic rings. The van der Waals surface area contributed by atoms with Crippen molar-refractivity contribution in [1.82, 2.24) is 10.5 Å². The van der Waals surface area contributed by atoms with Crippen molar-refractivity contribution in [2.75, 3.05) is 7.05 Å². The number of Topliss-reactive ketones (excluding diaryl/α,β-unsaturated/α-hetero) is 1. The van der Waals surface area contributed by atoms with Gasteiger partial charge >= 0.3 is 0 Å². The van der Waals surface area contributed by atoms with Gasteiger partial charge in [0.2, 0.25) is 11.5 Å². The SMILES string of the molecule is CCc1noc(C(=O)Cc2ccccc2)c1C(=O)NC. The summed E-state index contributed by atoms with van der Waals surface area (Å²) in [5.74, 6) is -0.563. The van der Waals surface area contributed by atoms with Crippen molar-refractivity contribution >= 4 is 11.7 Å². The lowest BCUT2D eigenvalue weighted by Gasteiger charge is -2.02. The molecule has 0 radical (unpaired) electrons. The van der Waals surface area contributed by atoms with Crippen molar-refractivity contribution in [3.05, 3.63) is 52.9 Å². The van der Waals surface area contributed by atoms with E-state index in [2.05, 4.69) is 10.5 Å². The Morgan fingerprint density at radius 1 is 1.25 bits per heavy atom. The normalized spacial score (nSPS) is 10.3. The number of nitrogens with zero attached hydrogens (tertiary/aromatic N) is 1. The second-order valence-corrected chi connectivity index (χ2v) is 4.35. The van der Waals surface area contributed by atoms with E-state index in [0.717, 1.165) is 5.56 Å². The van der Waals surface area contributed by atoms with Gasteiger partial charge in [0.05, 0.1) is 5.69 Å². The number of benzene rings is 1. The first-order valence-corrected chi connectivity index (χ1v) is 6.45. The van der Waals surface area contributed by atoms with Gasteiger partial charge in [-0.15, -0.1) is 0 Å². The van der Waals surface area contributed by atoms with E-state index in [9.17, 15) is 9.59 Å². The second kappa shape index (κ2) is 6.14. The van der Waals surface area contributed by atoms with Crippen LogP contribution in [0.15, 0.2) is 34.9 Å². The molecule has 0 atom stereocenters. The third-order valence-electron chi connectivity index (χ3n) is 3.01. The molecule has 0 fully saturated rings. The molecule has 0 aliphatic heterocycles. The molecule has 0 aliphatic carbocycles. The summed E-state index contributed by atoms with van der Waals surface area (Å²) in [6, 6.07) is 9.32. The maximum atomic E-state index is 12.3. The van der Waals surface area contributed by atoms with Gasteiger partial charge in [-0.3, -0.25) is 9.59 Å². The van der Waals surface area contributed by atoms with E-state index >= 15 is 0 Å². The standard InChI is InChI=1S/C15H16N2O3/c1-3-11-13(15(19)16-2)14(20-17-11)12(18)9-10-7-5-4-6-8-10/h4-8H,3,9H2,1-2H3,(H,16,19). The van der Waals surface area contributed by atoms with Gasteiger partial charge in [-0.2, -0.15) is 0 Å². The average Bonchev–Trinajstić information content (AvgIpc) is 2.91. The Kier molecular flexibility index (Phi) is 4.30. The molecule has 0 saturated heterocycles. The highest BCUT2D eigenvalue weighted by Crippen LogP contribution is 2.17. The number of carbonyl (C=O) groups excluding carboxylic acids is 2. The molecule has 1 heterocycles. The van der Waals surface area contributed by atoms with Crippen LogP contribution < -0.4 is 5.32 Å². The summed E-state index contributed by atoms with van der Waals surface area (Å²) < 4.78 is 5.08. The third-order valence-corrected chi connectivity index (χ3v) is 3.01. The van der Waals surface area contributed by atoms with Gasteiger partial charge in [-0.05, 0) is 12.0 Å². The number of rotatable bonds is 5. The molecule has 5 nitrogen and oxygen atoms in total. The van der Waals surface area contributed by atoms with Crippen molar-refractivity contribution in [2.24, 2.45) is 0 Å². The highest BCUT2D eigenvalue weighted by molar-refractivity contribution is 6.07. The molecular weight excluding hydrogens is 256 g/mol. The highest BCUT2D eigenvalue weighted by atomic mass is 16.5. The topological polar surface area (TPSA) is 72.2 Å². The van der Waals surface area contributed by atoms with Gasteiger partial charge in [0, 0.05) is 13.5 Å². The Morgan fingerprint density at radius 3 is 2.55 bits per heavy atom. The number of hydrogen-bond acceptors (Lipinski definition) is 4. The summed E-state index contributed by atoms with van der Waals surface area (Å²) >= 11 is 0. The number of amides is 1. The Labute approximate surface area is 117 Å². The zero-order valence-electron chi connectivity index (χ0n) is 11.5. The van der Waals surface area contributed by atoms with Gasteiger partial charge in [-0.25, -0.2) is 0 Å². The van der Waals surface area contributed by atoms with Crippen LogP contribution in [-0.2, 0) is 12.8 Å². The molecule has 0 bridgehead atoms. The Hall–Kier alpha value is -2.43. The van der Waals surface area contributed by atoms with E-state index in [1.165, 1.54) is 7.05 Å². The molecule has 1 N–H and O–H groups in total. The van der Waals surface area contributed by atoms with Gasteiger partial charge in [0.1, 0.15) is 5.56 Å². The molecule has 20 heavy (non-hydrogen) atoms. The fourth-order valence-corrected chi connectivity index (χ4v) is 1.98. The van der Waals surface area contributed by atoms with Crippen molar-refractivity contribution < 1.29 is 14.1 Å². The zero-order chi connectivity index (χ0) is 14.5. The summed E-state index contributed by atoms with van der Waals surface area (Å²) in [5.41, 5.74) is 1.62. The van der Waals surface area contributed by atoms with Crippen LogP contribution in [0.1, 0.15) is 39.1 Å². The molecule has 1 aromatic heterocycles. The maximum absolute atomic E-state index is 12.3. The molecule has 5 heteroatoms. The van der Waals surface area contributed by atoms with Crippen molar-refractivity contribution in [1.29, 1.82) is 0 Å². The first-order valence-electron chi connectivity index (χ1n) is 6.45. The molecule has 0 aliphatic rings. The summed E-state index contributed by atoms with van der Waals surface area (Å²) in [4.78, 5) is 24.1. The van der Waals surface area contributed by atoms with Crippen LogP contribution in [0.2, 0.25) is 0 Å². The monoisotopic (exact) mass is 272 g/mol. The minimum atomic E-state index is -0.348. The molecule has 1 aromatic carbocycles. The fourth-order valence-electron chi connectivity index (χ4n) is 1.98. The van der Waals surface area contributed by atoms with Gasteiger partial charge < -0.3 is 9.84 Å². The van der Waals surface area contributed by atoms with Crippen LogP contribution in [0, 0.1) is 0 Å². The summed E-state index contributed by atoms with van der Waals surface area (Å²) in [7, 11) is 1.51. The quantitative estimate of drug-likeness (QED) is 0.845. The highest BCUT2D eigenvalue weighted by Gasteiger charge is 2.26. The summed E-state index contributed by atoms with van der Waals surface area (Å²) in [5, 5.41) is 6.32.